The zero-order valence-corrected chi connectivity index (χ0v) is 15.9. The van der Waals surface area contributed by atoms with E-state index in [1.54, 1.807) is 11.8 Å². The number of benzene rings is 2. The molecule has 1 unspecified atom stereocenters. The van der Waals surface area contributed by atoms with Gasteiger partial charge < -0.3 is 19.4 Å². The lowest BCUT2D eigenvalue weighted by Crippen LogP contribution is -2.30. The molecule has 2 aromatic carbocycles. The second-order valence-electron chi connectivity index (χ2n) is 6.74. The predicted molar refractivity (Wildman–Crippen MR) is 107 cm³/mol. The Morgan fingerprint density at radius 3 is 2.89 bits per heavy atom. The molecule has 6 nitrogen and oxygen atoms in total. The van der Waals surface area contributed by atoms with E-state index in [0.29, 0.717) is 12.3 Å². The van der Waals surface area contributed by atoms with Crippen LogP contribution in [0.3, 0.4) is 0 Å². The molecule has 7 heteroatoms. The highest BCUT2D eigenvalue weighted by Crippen LogP contribution is 2.39. The smallest absolute Gasteiger partial charge is 0.233 e. The Morgan fingerprint density at radius 2 is 2.00 bits per heavy atom. The fourth-order valence-electron chi connectivity index (χ4n) is 3.50. The lowest BCUT2D eigenvalue weighted by atomic mass is 10.1. The predicted octanol–water partition coefficient (Wildman–Crippen LogP) is 3.62. The van der Waals surface area contributed by atoms with E-state index in [0.717, 1.165) is 40.6 Å². The third kappa shape index (κ3) is 3.22. The Balaban J connectivity index is 1.31. The summed E-state index contributed by atoms with van der Waals surface area (Å²) < 4.78 is 10.8. The molecule has 0 saturated carbocycles. The largest absolute Gasteiger partial charge is 0.454 e. The van der Waals surface area contributed by atoms with Crippen molar-refractivity contribution in [3.63, 3.8) is 0 Å². The molecule has 2 aliphatic heterocycles. The van der Waals surface area contributed by atoms with E-state index in [-0.39, 0.29) is 18.1 Å². The minimum atomic E-state index is -0.0357. The topological polar surface area (TPSA) is 67.5 Å². The zero-order chi connectivity index (χ0) is 18.9. The molecule has 1 atom stereocenters. The summed E-state index contributed by atoms with van der Waals surface area (Å²) in [6, 6.07) is 16.0. The molecule has 1 N–H and O–H groups in total. The van der Waals surface area contributed by atoms with E-state index < -0.39 is 0 Å². The van der Waals surface area contributed by atoms with Crippen molar-refractivity contribution in [3.05, 3.63) is 66.0 Å². The highest BCUT2D eigenvalue weighted by Gasteiger charge is 2.33. The average molecular weight is 393 g/mol. The summed E-state index contributed by atoms with van der Waals surface area (Å²) in [5.74, 6) is 3.03. The third-order valence-corrected chi connectivity index (χ3v) is 6.19. The van der Waals surface area contributed by atoms with Crippen LogP contribution in [-0.4, -0.2) is 39.9 Å². The maximum Gasteiger partial charge on any atom is 0.233 e. The van der Waals surface area contributed by atoms with Gasteiger partial charge in [-0.1, -0.05) is 36.4 Å². The molecule has 1 saturated heterocycles. The minimum Gasteiger partial charge on any atom is -0.454 e. The summed E-state index contributed by atoms with van der Waals surface area (Å²) >= 11 is 1.64. The number of fused-ring (bicyclic) bond motifs is 1. The first-order valence-corrected chi connectivity index (χ1v) is 10.2. The fraction of sp³-hybridized carbons (Fsp3) is 0.238. The van der Waals surface area contributed by atoms with Crippen LogP contribution in [0.1, 0.15) is 16.6 Å². The summed E-state index contributed by atoms with van der Waals surface area (Å²) in [5, 5.41) is -0.0357. The Labute approximate surface area is 166 Å². The highest BCUT2D eigenvalue weighted by molar-refractivity contribution is 8.00. The van der Waals surface area contributed by atoms with Crippen molar-refractivity contribution in [1.29, 1.82) is 0 Å². The number of amides is 1. The van der Waals surface area contributed by atoms with Gasteiger partial charge in [0.25, 0.3) is 0 Å². The second-order valence-corrected chi connectivity index (χ2v) is 7.81. The monoisotopic (exact) mass is 393 g/mol. The van der Waals surface area contributed by atoms with Crippen LogP contribution in [-0.2, 0) is 11.2 Å². The molecule has 3 aromatic rings. The van der Waals surface area contributed by atoms with Crippen LogP contribution >= 0.6 is 11.8 Å². The first kappa shape index (κ1) is 17.2. The van der Waals surface area contributed by atoms with Crippen LogP contribution < -0.4 is 9.47 Å². The van der Waals surface area contributed by atoms with E-state index in [1.807, 2.05) is 59.6 Å². The maximum atomic E-state index is 12.5. The SMILES string of the molecule is O=C1CSC(c2cnc(-c3ccccc3)[nH]2)N1CCc1ccc2c(c1)OCO2. The number of nitrogens with one attached hydrogen (secondary N) is 1. The van der Waals surface area contributed by atoms with Gasteiger partial charge in [-0.25, -0.2) is 4.98 Å². The standard InChI is InChI=1S/C21H19N3O3S/c25-19-12-28-21(16-11-22-20(23-16)15-4-2-1-3-5-15)24(19)9-8-14-6-7-17-18(10-14)27-13-26-17/h1-7,10-11,21H,8-9,12-13H2,(H,22,23). The molecule has 142 valence electrons. The number of aromatic nitrogens is 2. The molecule has 0 bridgehead atoms. The number of carbonyl (C=O) groups excluding carboxylic acids is 1. The first-order chi connectivity index (χ1) is 13.8. The lowest BCUT2D eigenvalue weighted by molar-refractivity contribution is -0.128. The molecule has 1 amide bonds. The summed E-state index contributed by atoms with van der Waals surface area (Å²) in [7, 11) is 0. The number of nitrogens with zero attached hydrogens (tertiary/aromatic N) is 2. The summed E-state index contributed by atoms with van der Waals surface area (Å²) in [6.07, 6.45) is 2.60. The molecule has 5 rings (SSSR count). The van der Waals surface area contributed by atoms with Crippen LogP contribution in [0, 0.1) is 0 Å². The summed E-state index contributed by atoms with van der Waals surface area (Å²) in [6.45, 7) is 0.918. The Morgan fingerprint density at radius 1 is 1.14 bits per heavy atom. The molecule has 0 spiro atoms. The number of hydrogen-bond acceptors (Lipinski definition) is 5. The number of hydrogen-bond donors (Lipinski definition) is 1. The second kappa shape index (κ2) is 7.24. The Hall–Kier alpha value is -2.93. The van der Waals surface area contributed by atoms with Gasteiger partial charge in [-0.3, -0.25) is 4.79 Å². The van der Waals surface area contributed by atoms with Crippen LogP contribution in [0.25, 0.3) is 11.4 Å². The van der Waals surface area contributed by atoms with Gasteiger partial charge >= 0.3 is 0 Å². The average Bonchev–Trinajstić information content (AvgIpc) is 3.46. The normalized spacial score (nSPS) is 18.1. The fourth-order valence-corrected chi connectivity index (χ4v) is 4.67. The number of thioether (sulfide) groups is 1. The quantitative estimate of drug-likeness (QED) is 0.717. The van der Waals surface area contributed by atoms with Gasteiger partial charge in [-0.05, 0) is 24.1 Å². The third-order valence-electron chi connectivity index (χ3n) is 4.96. The first-order valence-electron chi connectivity index (χ1n) is 9.18. The zero-order valence-electron chi connectivity index (χ0n) is 15.1. The van der Waals surface area contributed by atoms with E-state index in [4.69, 9.17) is 9.47 Å². The molecule has 0 aliphatic carbocycles. The maximum absolute atomic E-state index is 12.5. The van der Waals surface area contributed by atoms with Gasteiger partial charge in [0.15, 0.2) is 11.5 Å². The number of carbonyl (C=O) groups is 1. The van der Waals surface area contributed by atoms with E-state index in [1.165, 1.54) is 0 Å². The van der Waals surface area contributed by atoms with Crippen LogP contribution in [0.15, 0.2) is 54.7 Å². The number of H-pyrrole nitrogens is 1. The van der Waals surface area contributed by atoms with E-state index >= 15 is 0 Å². The van der Waals surface area contributed by atoms with Crippen molar-refractivity contribution in [3.8, 4) is 22.9 Å². The molecule has 28 heavy (non-hydrogen) atoms. The molecule has 1 fully saturated rings. The number of aromatic amines is 1. The van der Waals surface area contributed by atoms with E-state index in [9.17, 15) is 4.79 Å². The van der Waals surface area contributed by atoms with Crippen molar-refractivity contribution in [2.24, 2.45) is 0 Å². The molecule has 0 radical (unpaired) electrons. The highest BCUT2D eigenvalue weighted by atomic mass is 32.2. The van der Waals surface area contributed by atoms with Crippen molar-refractivity contribution < 1.29 is 14.3 Å². The molecule has 2 aliphatic rings. The van der Waals surface area contributed by atoms with Gasteiger partial charge in [0, 0.05) is 12.1 Å². The van der Waals surface area contributed by atoms with Gasteiger partial charge in [0.05, 0.1) is 17.6 Å². The van der Waals surface area contributed by atoms with Gasteiger partial charge in [0.1, 0.15) is 11.2 Å². The van der Waals surface area contributed by atoms with Crippen molar-refractivity contribution in [2.75, 3.05) is 19.1 Å². The number of rotatable bonds is 5. The summed E-state index contributed by atoms with van der Waals surface area (Å²) in [4.78, 5) is 22.3. The van der Waals surface area contributed by atoms with Gasteiger partial charge in [-0.2, -0.15) is 0 Å². The Bertz CT molecular complexity index is 1010. The molecular weight excluding hydrogens is 374 g/mol. The summed E-state index contributed by atoms with van der Waals surface area (Å²) in [5.41, 5.74) is 3.12. The number of imidazole rings is 1. The number of ether oxygens (including phenoxy) is 2. The van der Waals surface area contributed by atoms with Crippen LogP contribution in [0.4, 0.5) is 0 Å². The molecule has 1 aromatic heterocycles. The van der Waals surface area contributed by atoms with Crippen LogP contribution in [0.5, 0.6) is 11.5 Å². The molecule has 3 heterocycles. The van der Waals surface area contributed by atoms with Crippen molar-refractivity contribution in [2.45, 2.75) is 11.8 Å². The van der Waals surface area contributed by atoms with Gasteiger partial charge in [-0.15, -0.1) is 11.8 Å². The van der Waals surface area contributed by atoms with Gasteiger partial charge in [0.2, 0.25) is 12.7 Å². The van der Waals surface area contributed by atoms with Crippen LogP contribution in [0.2, 0.25) is 0 Å². The van der Waals surface area contributed by atoms with Crippen molar-refractivity contribution in [1.82, 2.24) is 14.9 Å². The minimum absolute atomic E-state index is 0.0357. The van der Waals surface area contributed by atoms with E-state index in [2.05, 4.69) is 9.97 Å². The van der Waals surface area contributed by atoms with Crippen molar-refractivity contribution >= 4 is 17.7 Å². The lowest BCUT2D eigenvalue weighted by Gasteiger charge is -2.23. The Kier molecular flexibility index (Phi) is 4.44. The molecular formula is C21H19N3O3S.